The topological polar surface area (TPSA) is 42.0 Å². The van der Waals surface area contributed by atoms with Crippen LogP contribution in [-0.2, 0) is 0 Å². The Labute approximate surface area is 94.5 Å². The van der Waals surface area contributed by atoms with Crippen LogP contribution in [0.15, 0.2) is 36.7 Å². The fraction of sp³-hybridized carbons (Fsp3) is 0.231. The first-order valence-electron chi connectivity index (χ1n) is 5.44. The van der Waals surface area contributed by atoms with Crippen molar-refractivity contribution in [3.05, 3.63) is 42.2 Å². The van der Waals surface area contributed by atoms with Gasteiger partial charge in [0.15, 0.2) is 0 Å². The zero-order chi connectivity index (χ0) is 11.4. The Morgan fingerprint density at radius 2 is 2.25 bits per heavy atom. The molecular formula is C13H14N2O. The smallest absolute Gasteiger partial charge is 0.251 e. The first-order valence-corrected chi connectivity index (χ1v) is 5.44. The lowest BCUT2D eigenvalue weighted by molar-refractivity contribution is 0.0955. The number of nitrogens with zero attached hydrogens (tertiary/aromatic N) is 1. The summed E-state index contributed by atoms with van der Waals surface area (Å²) < 4.78 is 0. The Morgan fingerprint density at radius 1 is 1.38 bits per heavy atom. The Hall–Kier alpha value is -1.90. The Balaban J connectivity index is 2.40. The summed E-state index contributed by atoms with van der Waals surface area (Å²) in [6.07, 6.45) is 4.40. The van der Waals surface area contributed by atoms with Gasteiger partial charge in [-0.05, 0) is 23.9 Å². The maximum atomic E-state index is 11.9. The van der Waals surface area contributed by atoms with Crippen molar-refractivity contribution < 1.29 is 4.79 Å². The molecule has 0 spiro atoms. The largest absolute Gasteiger partial charge is 0.352 e. The second kappa shape index (κ2) is 4.75. The summed E-state index contributed by atoms with van der Waals surface area (Å²) in [5, 5.41) is 4.82. The van der Waals surface area contributed by atoms with Gasteiger partial charge in [-0.25, -0.2) is 0 Å². The third kappa shape index (κ3) is 2.03. The second-order valence-corrected chi connectivity index (χ2v) is 3.66. The number of carbonyl (C=O) groups excluding carboxylic acids is 1. The lowest BCUT2D eigenvalue weighted by Crippen LogP contribution is -2.24. The highest BCUT2D eigenvalue weighted by Crippen LogP contribution is 2.16. The summed E-state index contributed by atoms with van der Waals surface area (Å²) in [7, 11) is 0. The Morgan fingerprint density at radius 3 is 3.06 bits per heavy atom. The number of hydrogen-bond acceptors (Lipinski definition) is 2. The van der Waals surface area contributed by atoms with Crippen LogP contribution in [0.2, 0.25) is 0 Å². The molecule has 0 aliphatic carbocycles. The van der Waals surface area contributed by atoms with Crippen LogP contribution in [0, 0.1) is 0 Å². The van der Waals surface area contributed by atoms with Crippen molar-refractivity contribution in [3.8, 4) is 0 Å². The van der Waals surface area contributed by atoms with Gasteiger partial charge in [0.05, 0.1) is 0 Å². The molecule has 0 aliphatic rings. The SMILES string of the molecule is CCCNC(=O)c1cccc2ccncc12. The molecule has 82 valence electrons. The van der Waals surface area contributed by atoms with Gasteiger partial charge in [0.25, 0.3) is 5.91 Å². The van der Waals surface area contributed by atoms with Gasteiger partial charge in [0.1, 0.15) is 0 Å². The van der Waals surface area contributed by atoms with Crippen molar-refractivity contribution in [2.45, 2.75) is 13.3 Å². The maximum absolute atomic E-state index is 11.9. The predicted molar refractivity (Wildman–Crippen MR) is 64.4 cm³/mol. The van der Waals surface area contributed by atoms with Gasteiger partial charge >= 0.3 is 0 Å². The molecule has 0 fully saturated rings. The summed E-state index contributed by atoms with van der Waals surface area (Å²) >= 11 is 0. The summed E-state index contributed by atoms with van der Waals surface area (Å²) in [6, 6.07) is 7.61. The molecule has 1 aromatic heterocycles. The molecule has 1 aromatic carbocycles. The minimum atomic E-state index is -0.0274. The van der Waals surface area contributed by atoms with Gasteiger partial charge in [-0.2, -0.15) is 0 Å². The minimum Gasteiger partial charge on any atom is -0.352 e. The first kappa shape index (κ1) is 10.6. The monoisotopic (exact) mass is 214 g/mol. The first-order chi connectivity index (χ1) is 7.83. The molecule has 0 atom stereocenters. The molecule has 1 N–H and O–H groups in total. The minimum absolute atomic E-state index is 0.0274. The molecule has 0 aliphatic heterocycles. The van der Waals surface area contributed by atoms with Gasteiger partial charge in [-0.3, -0.25) is 9.78 Å². The van der Waals surface area contributed by atoms with Crippen LogP contribution >= 0.6 is 0 Å². The van der Waals surface area contributed by atoms with Crippen LogP contribution in [0.1, 0.15) is 23.7 Å². The van der Waals surface area contributed by atoms with E-state index in [4.69, 9.17) is 0 Å². The van der Waals surface area contributed by atoms with Crippen LogP contribution in [-0.4, -0.2) is 17.4 Å². The number of aromatic nitrogens is 1. The highest BCUT2D eigenvalue weighted by Gasteiger charge is 2.08. The molecule has 0 saturated heterocycles. The van der Waals surface area contributed by atoms with Crippen molar-refractivity contribution in [1.82, 2.24) is 10.3 Å². The van der Waals surface area contributed by atoms with Gasteiger partial charge < -0.3 is 5.32 Å². The number of amides is 1. The number of benzene rings is 1. The lowest BCUT2D eigenvalue weighted by Gasteiger charge is -2.06. The summed E-state index contributed by atoms with van der Waals surface area (Å²) in [5.41, 5.74) is 0.694. The maximum Gasteiger partial charge on any atom is 0.251 e. The second-order valence-electron chi connectivity index (χ2n) is 3.66. The number of fused-ring (bicyclic) bond motifs is 1. The third-order valence-electron chi connectivity index (χ3n) is 2.46. The van der Waals surface area contributed by atoms with Crippen LogP contribution in [0.4, 0.5) is 0 Å². The molecule has 0 unspecified atom stereocenters. The van der Waals surface area contributed by atoms with Crippen molar-refractivity contribution in [3.63, 3.8) is 0 Å². The summed E-state index contributed by atoms with van der Waals surface area (Å²) in [4.78, 5) is 15.9. The van der Waals surface area contributed by atoms with E-state index in [1.165, 1.54) is 0 Å². The standard InChI is InChI=1S/C13H14N2O/c1-2-7-15-13(16)11-5-3-4-10-6-8-14-9-12(10)11/h3-6,8-9H,2,7H2,1H3,(H,15,16). The van der Waals surface area contributed by atoms with Crippen LogP contribution < -0.4 is 5.32 Å². The van der Waals surface area contributed by atoms with E-state index in [1.54, 1.807) is 12.4 Å². The molecule has 0 bridgehead atoms. The number of nitrogens with one attached hydrogen (secondary N) is 1. The zero-order valence-corrected chi connectivity index (χ0v) is 9.23. The number of hydrogen-bond donors (Lipinski definition) is 1. The van der Waals surface area contributed by atoms with Crippen LogP contribution in [0.25, 0.3) is 10.8 Å². The van der Waals surface area contributed by atoms with E-state index in [2.05, 4.69) is 10.3 Å². The van der Waals surface area contributed by atoms with E-state index >= 15 is 0 Å². The van der Waals surface area contributed by atoms with E-state index in [0.717, 1.165) is 17.2 Å². The molecule has 1 heterocycles. The Bertz CT molecular complexity index is 503. The van der Waals surface area contributed by atoms with Crippen LogP contribution in [0.5, 0.6) is 0 Å². The van der Waals surface area contributed by atoms with Gasteiger partial charge in [0, 0.05) is 29.9 Å². The van der Waals surface area contributed by atoms with Crippen molar-refractivity contribution in [2.75, 3.05) is 6.54 Å². The number of carbonyl (C=O) groups is 1. The van der Waals surface area contributed by atoms with E-state index in [1.807, 2.05) is 31.2 Å². The van der Waals surface area contributed by atoms with Gasteiger partial charge in [0.2, 0.25) is 0 Å². The third-order valence-corrected chi connectivity index (χ3v) is 2.46. The number of rotatable bonds is 3. The van der Waals surface area contributed by atoms with Crippen molar-refractivity contribution >= 4 is 16.7 Å². The van der Waals surface area contributed by atoms with E-state index in [-0.39, 0.29) is 5.91 Å². The molecule has 2 aromatic rings. The fourth-order valence-corrected chi connectivity index (χ4v) is 1.65. The average Bonchev–Trinajstić information content (AvgIpc) is 2.35. The lowest BCUT2D eigenvalue weighted by atomic mass is 10.1. The number of pyridine rings is 1. The van der Waals surface area contributed by atoms with Crippen LogP contribution in [0.3, 0.4) is 0 Å². The summed E-state index contributed by atoms with van der Waals surface area (Å²) in [6.45, 7) is 2.74. The Kier molecular flexibility index (Phi) is 3.15. The normalized spacial score (nSPS) is 10.3. The quantitative estimate of drug-likeness (QED) is 0.852. The van der Waals surface area contributed by atoms with Crippen molar-refractivity contribution in [1.29, 1.82) is 0 Å². The molecule has 0 saturated carbocycles. The molecule has 0 radical (unpaired) electrons. The van der Waals surface area contributed by atoms with Gasteiger partial charge in [-0.15, -0.1) is 0 Å². The van der Waals surface area contributed by atoms with Crippen molar-refractivity contribution in [2.24, 2.45) is 0 Å². The molecule has 16 heavy (non-hydrogen) atoms. The average molecular weight is 214 g/mol. The van der Waals surface area contributed by atoms with Gasteiger partial charge in [-0.1, -0.05) is 19.1 Å². The van der Waals surface area contributed by atoms with E-state index in [0.29, 0.717) is 12.1 Å². The molecule has 2 rings (SSSR count). The highest BCUT2D eigenvalue weighted by molar-refractivity contribution is 6.06. The molecule has 3 nitrogen and oxygen atoms in total. The molecular weight excluding hydrogens is 200 g/mol. The highest BCUT2D eigenvalue weighted by atomic mass is 16.1. The zero-order valence-electron chi connectivity index (χ0n) is 9.23. The van der Waals surface area contributed by atoms with E-state index < -0.39 is 0 Å². The van der Waals surface area contributed by atoms with E-state index in [9.17, 15) is 4.79 Å². The molecule has 3 heteroatoms. The predicted octanol–water partition coefficient (Wildman–Crippen LogP) is 2.37. The summed E-state index contributed by atoms with van der Waals surface area (Å²) in [5.74, 6) is -0.0274. The fourth-order valence-electron chi connectivity index (χ4n) is 1.65. The molecule has 1 amide bonds.